The average Bonchev–Trinajstić information content (AvgIpc) is 3.13. The second kappa shape index (κ2) is 7.10. The third-order valence-corrected chi connectivity index (χ3v) is 5.27. The zero-order valence-electron chi connectivity index (χ0n) is 16.8. The summed E-state index contributed by atoms with van der Waals surface area (Å²) in [6.45, 7) is 11.2. The largest absolute Gasteiger partial charge is 0.370 e. The van der Waals surface area contributed by atoms with Gasteiger partial charge in [-0.25, -0.2) is 4.68 Å². The summed E-state index contributed by atoms with van der Waals surface area (Å²) < 4.78 is 7.38. The third kappa shape index (κ3) is 3.45. The molecule has 148 valence electrons. The Bertz CT molecular complexity index is 1040. The van der Waals surface area contributed by atoms with Gasteiger partial charge in [0.2, 0.25) is 5.82 Å². The normalized spacial score (nSPS) is 17.1. The van der Waals surface area contributed by atoms with E-state index in [4.69, 9.17) is 4.74 Å². The van der Waals surface area contributed by atoms with Gasteiger partial charge in [-0.15, -0.1) is 5.10 Å². The molecule has 0 bridgehead atoms. The van der Waals surface area contributed by atoms with E-state index in [1.165, 1.54) is 4.90 Å². The van der Waals surface area contributed by atoms with Gasteiger partial charge in [-0.1, -0.05) is 11.6 Å². The molecule has 4 rings (SSSR count). The van der Waals surface area contributed by atoms with Crippen LogP contribution in [-0.2, 0) is 10.3 Å². The first-order valence-electron chi connectivity index (χ1n) is 9.69. The number of H-pyrrole nitrogens is 1. The number of nitrogens with zero attached hydrogens (tertiary/aromatic N) is 4. The topological polar surface area (TPSA) is 90.1 Å². The lowest BCUT2D eigenvalue weighted by Gasteiger charge is -2.32. The molecule has 0 aliphatic carbocycles. The van der Waals surface area contributed by atoms with Crippen molar-refractivity contribution in [3.8, 4) is 0 Å². The van der Waals surface area contributed by atoms with Gasteiger partial charge in [0, 0.05) is 5.52 Å². The summed E-state index contributed by atoms with van der Waals surface area (Å²) >= 11 is 0. The van der Waals surface area contributed by atoms with Crippen molar-refractivity contribution in [2.24, 2.45) is 0 Å². The van der Waals surface area contributed by atoms with Gasteiger partial charge in [0.05, 0.1) is 24.3 Å². The lowest BCUT2D eigenvalue weighted by atomic mass is 10.0. The van der Waals surface area contributed by atoms with E-state index < -0.39 is 0 Å². The number of aromatic amines is 1. The Kier molecular flexibility index (Phi) is 4.76. The van der Waals surface area contributed by atoms with Crippen molar-refractivity contribution in [1.29, 1.82) is 0 Å². The molecule has 0 saturated carbocycles. The maximum Gasteiger partial charge on any atom is 0.258 e. The quantitative estimate of drug-likeness (QED) is 0.691. The molecule has 1 atom stereocenters. The lowest BCUT2D eigenvalue weighted by Crippen LogP contribution is -3.14. The highest BCUT2D eigenvalue weighted by Gasteiger charge is 2.37. The highest BCUT2D eigenvalue weighted by Crippen LogP contribution is 2.23. The van der Waals surface area contributed by atoms with Crippen molar-refractivity contribution in [1.82, 2.24) is 25.2 Å². The van der Waals surface area contributed by atoms with Gasteiger partial charge in [0.15, 0.2) is 6.04 Å². The number of benzene rings is 1. The molecule has 2 aromatic heterocycles. The molecule has 1 aliphatic rings. The standard InChI is InChI=1S/C20H26N6O2/c1-13-5-6-16-14(11-13)12-15(19(27)21-16)17(25-7-9-28-10-8-25)18-22-23-24-26(18)20(2,3)4/h5-6,11-12,17H,7-10H2,1-4H3,(H,21,27)/p+1/t17-/m1/s1. The number of tetrazole rings is 1. The van der Waals surface area contributed by atoms with Gasteiger partial charge in [0.1, 0.15) is 13.1 Å². The fourth-order valence-electron chi connectivity index (χ4n) is 3.87. The molecule has 8 heteroatoms. The smallest absolute Gasteiger partial charge is 0.258 e. The van der Waals surface area contributed by atoms with E-state index >= 15 is 0 Å². The van der Waals surface area contributed by atoms with Crippen LogP contribution in [0.25, 0.3) is 10.9 Å². The van der Waals surface area contributed by atoms with Crippen molar-refractivity contribution in [3.05, 3.63) is 51.6 Å². The van der Waals surface area contributed by atoms with Gasteiger partial charge >= 0.3 is 0 Å². The second-order valence-electron chi connectivity index (χ2n) is 8.47. The molecule has 1 aromatic carbocycles. The van der Waals surface area contributed by atoms with Gasteiger partial charge in [0.25, 0.3) is 5.56 Å². The van der Waals surface area contributed by atoms with Crippen molar-refractivity contribution in [3.63, 3.8) is 0 Å². The first kappa shape index (κ1) is 18.8. The van der Waals surface area contributed by atoms with Crippen LogP contribution in [0.3, 0.4) is 0 Å². The summed E-state index contributed by atoms with van der Waals surface area (Å²) in [7, 11) is 0. The molecule has 1 fully saturated rings. The predicted molar refractivity (Wildman–Crippen MR) is 105 cm³/mol. The SMILES string of the molecule is Cc1ccc2[nH]c(=O)c([C@H](c3nnnn3C(C)(C)C)[NH+]3CCOCC3)cc2c1. The van der Waals surface area contributed by atoms with Gasteiger partial charge in [-0.05, 0) is 61.7 Å². The second-order valence-corrected chi connectivity index (χ2v) is 8.47. The molecule has 3 heterocycles. The van der Waals surface area contributed by atoms with Crippen LogP contribution < -0.4 is 10.5 Å². The van der Waals surface area contributed by atoms with Gasteiger partial charge < -0.3 is 14.6 Å². The Morgan fingerprint density at radius 3 is 2.68 bits per heavy atom. The average molecular weight is 383 g/mol. The van der Waals surface area contributed by atoms with Crippen LogP contribution in [0.4, 0.5) is 0 Å². The Hall–Kier alpha value is -2.58. The van der Waals surface area contributed by atoms with Crippen LogP contribution in [0.1, 0.15) is 43.8 Å². The van der Waals surface area contributed by atoms with Crippen molar-refractivity contribution >= 4 is 10.9 Å². The van der Waals surface area contributed by atoms with Crippen LogP contribution in [0.5, 0.6) is 0 Å². The van der Waals surface area contributed by atoms with Crippen LogP contribution >= 0.6 is 0 Å². The molecular weight excluding hydrogens is 356 g/mol. The van der Waals surface area contributed by atoms with E-state index in [9.17, 15) is 4.79 Å². The monoisotopic (exact) mass is 383 g/mol. The van der Waals surface area contributed by atoms with Crippen LogP contribution in [0.2, 0.25) is 0 Å². The summed E-state index contributed by atoms with van der Waals surface area (Å²) in [6, 6.07) is 7.78. The Morgan fingerprint density at radius 2 is 1.96 bits per heavy atom. The number of nitrogens with one attached hydrogen (secondary N) is 2. The molecule has 28 heavy (non-hydrogen) atoms. The first-order valence-corrected chi connectivity index (χ1v) is 9.69. The summed E-state index contributed by atoms with van der Waals surface area (Å²) in [5.41, 5.74) is 2.30. The minimum absolute atomic E-state index is 0.0937. The summed E-state index contributed by atoms with van der Waals surface area (Å²) in [5, 5.41) is 13.6. The number of ether oxygens (including phenoxy) is 1. The summed E-state index contributed by atoms with van der Waals surface area (Å²) in [6.07, 6.45) is 0. The van der Waals surface area contributed by atoms with Crippen LogP contribution in [0.15, 0.2) is 29.1 Å². The Morgan fingerprint density at radius 1 is 1.21 bits per heavy atom. The van der Waals surface area contributed by atoms with E-state index in [0.717, 1.165) is 29.6 Å². The molecular formula is C20H27N6O2+. The molecule has 2 N–H and O–H groups in total. The van der Waals surface area contributed by atoms with Crippen LogP contribution in [0, 0.1) is 6.92 Å². The molecule has 3 aromatic rings. The fraction of sp³-hybridized carbons (Fsp3) is 0.500. The summed E-state index contributed by atoms with van der Waals surface area (Å²) in [5.74, 6) is 0.710. The highest BCUT2D eigenvalue weighted by molar-refractivity contribution is 5.79. The molecule has 8 nitrogen and oxygen atoms in total. The maximum absolute atomic E-state index is 13.1. The predicted octanol–water partition coefficient (Wildman–Crippen LogP) is 0.583. The number of pyridine rings is 1. The highest BCUT2D eigenvalue weighted by atomic mass is 16.5. The Labute approximate surface area is 163 Å². The van der Waals surface area contributed by atoms with Crippen molar-refractivity contribution in [2.75, 3.05) is 26.3 Å². The van der Waals surface area contributed by atoms with Gasteiger partial charge in [-0.3, -0.25) is 4.79 Å². The minimum Gasteiger partial charge on any atom is -0.370 e. The molecule has 0 radical (unpaired) electrons. The van der Waals surface area contributed by atoms with E-state index in [2.05, 4.69) is 54.3 Å². The van der Waals surface area contributed by atoms with Crippen LogP contribution in [-0.4, -0.2) is 51.5 Å². The zero-order valence-corrected chi connectivity index (χ0v) is 16.8. The van der Waals surface area contributed by atoms with E-state index in [-0.39, 0.29) is 17.1 Å². The maximum atomic E-state index is 13.1. The number of hydrogen-bond donors (Lipinski definition) is 2. The number of quaternary nitrogens is 1. The Balaban J connectivity index is 1.92. The van der Waals surface area contributed by atoms with Crippen molar-refractivity contribution < 1.29 is 9.64 Å². The number of aryl methyl sites for hydroxylation is 1. The fourth-order valence-corrected chi connectivity index (χ4v) is 3.87. The molecule has 0 spiro atoms. The molecule has 0 unspecified atom stereocenters. The van der Waals surface area contributed by atoms with Crippen molar-refractivity contribution in [2.45, 2.75) is 39.3 Å². The van der Waals surface area contributed by atoms with E-state index in [1.54, 1.807) is 0 Å². The molecule has 0 amide bonds. The number of hydrogen-bond acceptors (Lipinski definition) is 5. The number of morpholine rings is 1. The minimum atomic E-state index is -0.289. The number of fused-ring (bicyclic) bond motifs is 1. The lowest BCUT2D eigenvalue weighted by molar-refractivity contribution is -0.934. The first-order chi connectivity index (χ1) is 13.3. The molecule has 1 saturated heterocycles. The zero-order chi connectivity index (χ0) is 19.9. The van der Waals surface area contributed by atoms with E-state index in [0.29, 0.717) is 24.6 Å². The summed E-state index contributed by atoms with van der Waals surface area (Å²) in [4.78, 5) is 17.4. The number of aromatic nitrogens is 5. The third-order valence-electron chi connectivity index (χ3n) is 5.27. The van der Waals surface area contributed by atoms with E-state index in [1.807, 2.05) is 22.9 Å². The number of rotatable bonds is 3. The van der Waals surface area contributed by atoms with Gasteiger partial charge in [-0.2, -0.15) is 0 Å². The molecule has 1 aliphatic heterocycles.